The number of piperazine rings is 1. The number of aromatic nitrogens is 4. The average Bonchev–Trinajstić information content (AvgIpc) is 3.14. The molecule has 6 nitrogen and oxygen atoms in total. The number of rotatable bonds is 6. The van der Waals surface area contributed by atoms with Crippen LogP contribution in [-0.4, -0.2) is 51.3 Å². The van der Waals surface area contributed by atoms with E-state index in [9.17, 15) is 0 Å². The molecule has 0 unspecified atom stereocenters. The van der Waals surface area contributed by atoms with Crippen molar-refractivity contribution in [2.45, 2.75) is 52.1 Å². The van der Waals surface area contributed by atoms with Crippen LogP contribution >= 0.6 is 0 Å². The summed E-state index contributed by atoms with van der Waals surface area (Å²) in [5, 5.41) is 12.7. The first kappa shape index (κ1) is 17.9. The van der Waals surface area contributed by atoms with Gasteiger partial charge < -0.3 is 4.90 Å². The van der Waals surface area contributed by atoms with Crippen LogP contribution in [0.25, 0.3) is 0 Å². The maximum Gasteiger partial charge on any atom is 0.168 e. The molecule has 1 aromatic carbocycles. The molecule has 1 aromatic heterocycles. The van der Waals surface area contributed by atoms with E-state index >= 15 is 0 Å². The summed E-state index contributed by atoms with van der Waals surface area (Å²) in [5.41, 5.74) is 1.25. The number of tetrazole rings is 1. The molecule has 0 aliphatic carbocycles. The Bertz CT molecular complexity index is 658. The van der Waals surface area contributed by atoms with Crippen LogP contribution in [0, 0.1) is 0 Å². The number of anilines is 1. The molecular weight excluding hydrogens is 312 g/mol. The second-order valence-corrected chi connectivity index (χ2v) is 7.40. The molecule has 0 bridgehead atoms. The van der Waals surface area contributed by atoms with E-state index in [1.165, 1.54) is 5.69 Å². The highest BCUT2D eigenvalue weighted by Crippen LogP contribution is 2.29. The predicted molar refractivity (Wildman–Crippen MR) is 101 cm³/mol. The lowest BCUT2D eigenvalue weighted by Gasteiger charge is -2.40. The molecule has 6 heteroatoms. The summed E-state index contributed by atoms with van der Waals surface area (Å²) in [6, 6.07) is 10.9. The van der Waals surface area contributed by atoms with Crippen LogP contribution in [0.5, 0.6) is 0 Å². The van der Waals surface area contributed by atoms with E-state index in [2.05, 4.69) is 83.4 Å². The van der Waals surface area contributed by atoms with Crippen molar-refractivity contribution in [3.05, 3.63) is 36.2 Å². The fourth-order valence-electron chi connectivity index (χ4n) is 3.52. The Hall–Kier alpha value is -1.95. The third kappa shape index (κ3) is 3.68. The molecule has 1 fully saturated rings. The van der Waals surface area contributed by atoms with Crippen LogP contribution in [0.15, 0.2) is 30.3 Å². The van der Waals surface area contributed by atoms with Gasteiger partial charge in [-0.3, -0.25) is 4.90 Å². The topological polar surface area (TPSA) is 50.1 Å². The van der Waals surface area contributed by atoms with Gasteiger partial charge in [-0.15, -0.1) is 5.10 Å². The minimum Gasteiger partial charge on any atom is -0.369 e. The number of hydrogen-bond acceptors (Lipinski definition) is 5. The molecule has 3 rings (SSSR count). The fourth-order valence-corrected chi connectivity index (χ4v) is 3.52. The summed E-state index contributed by atoms with van der Waals surface area (Å²) in [7, 11) is 0. The summed E-state index contributed by atoms with van der Waals surface area (Å²) in [5.74, 6) is 1.00. The van der Waals surface area contributed by atoms with Crippen LogP contribution < -0.4 is 4.90 Å². The first-order valence-corrected chi connectivity index (χ1v) is 9.39. The molecule has 0 N–H and O–H groups in total. The molecule has 1 atom stereocenters. The molecule has 0 amide bonds. The number of nitrogens with zero attached hydrogens (tertiary/aromatic N) is 6. The normalized spacial score (nSPS) is 17.7. The molecule has 0 radical (unpaired) electrons. The van der Waals surface area contributed by atoms with Crippen LogP contribution in [0.3, 0.4) is 0 Å². The van der Waals surface area contributed by atoms with Gasteiger partial charge in [-0.1, -0.05) is 32.0 Å². The van der Waals surface area contributed by atoms with Crippen molar-refractivity contribution in [3.8, 4) is 0 Å². The summed E-state index contributed by atoms with van der Waals surface area (Å²) in [6.07, 6.45) is 2.02. The molecule has 0 spiro atoms. The van der Waals surface area contributed by atoms with Crippen molar-refractivity contribution in [2.75, 3.05) is 31.1 Å². The summed E-state index contributed by atoms with van der Waals surface area (Å²) in [6.45, 7) is 13.0. The first-order chi connectivity index (χ1) is 12.1. The smallest absolute Gasteiger partial charge is 0.168 e. The largest absolute Gasteiger partial charge is 0.369 e. The van der Waals surface area contributed by atoms with Gasteiger partial charge in [0.15, 0.2) is 5.82 Å². The molecule has 2 aromatic rings. The van der Waals surface area contributed by atoms with Gasteiger partial charge in [0.1, 0.15) is 0 Å². The zero-order chi connectivity index (χ0) is 17.9. The SMILES string of the molecule is CC[C@@H](c1nnnn1C(C)(C)CC)N1CCN(c2ccccc2)CC1. The predicted octanol–water partition coefficient (Wildman–Crippen LogP) is 3.09. The Morgan fingerprint density at radius 1 is 1.04 bits per heavy atom. The second-order valence-electron chi connectivity index (χ2n) is 7.40. The van der Waals surface area contributed by atoms with Crippen LogP contribution in [0.1, 0.15) is 52.4 Å². The van der Waals surface area contributed by atoms with E-state index in [4.69, 9.17) is 0 Å². The zero-order valence-electron chi connectivity index (χ0n) is 15.9. The van der Waals surface area contributed by atoms with Gasteiger partial charge in [-0.2, -0.15) is 0 Å². The van der Waals surface area contributed by atoms with Gasteiger partial charge in [0.05, 0.1) is 11.6 Å². The van der Waals surface area contributed by atoms with E-state index in [0.29, 0.717) is 0 Å². The third-order valence-corrected chi connectivity index (χ3v) is 5.49. The lowest BCUT2D eigenvalue weighted by atomic mass is 10.0. The highest BCUT2D eigenvalue weighted by atomic mass is 15.6. The Morgan fingerprint density at radius 2 is 1.72 bits per heavy atom. The van der Waals surface area contributed by atoms with Crippen molar-refractivity contribution in [1.29, 1.82) is 0 Å². The lowest BCUT2D eigenvalue weighted by molar-refractivity contribution is 0.158. The maximum absolute atomic E-state index is 4.40. The summed E-state index contributed by atoms with van der Waals surface area (Å²) in [4.78, 5) is 5.00. The Kier molecular flexibility index (Phi) is 5.37. The molecular formula is C19H30N6. The quantitative estimate of drug-likeness (QED) is 0.807. The molecule has 136 valence electrons. The van der Waals surface area contributed by atoms with Gasteiger partial charge in [0.2, 0.25) is 0 Å². The van der Waals surface area contributed by atoms with E-state index in [1.807, 2.05) is 4.68 Å². The highest BCUT2D eigenvalue weighted by Gasteiger charge is 2.31. The van der Waals surface area contributed by atoms with Crippen molar-refractivity contribution in [1.82, 2.24) is 25.1 Å². The Balaban J connectivity index is 1.73. The number of para-hydroxylation sites is 1. The molecule has 25 heavy (non-hydrogen) atoms. The standard InChI is InChI=1S/C19H30N6/c1-5-17(18-20-21-22-25(18)19(3,4)6-2)24-14-12-23(13-15-24)16-10-8-7-9-11-16/h7-11,17H,5-6,12-15H2,1-4H3/t17-/m0/s1. The first-order valence-electron chi connectivity index (χ1n) is 9.39. The van der Waals surface area contributed by atoms with Crippen LogP contribution in [0.4, 0.5) is 5.69 Å². The minimum atomic E-state index is -0.0574. The molecule has 1 saturated heterocycles. The Morgan fingerprint density at radius 3 is 2.32 bits per heavy atom. The van der Waals surface area contributed by atoms with Crippen molar-refractivity contribution in [3.63, 3.8) is 0 Å². The molecule has 1 aliphatic heterocycles. The maximum atomic E-state index is 4.40. The van der Waals surface area contributed by atoms with E-state index in [0.717, 1.165) is 44.8 Å². The van der Waals surface area contributed by atoms with Crippen LogP contribution in [-0.2, 0) is 5.54 Å². The summed E-state index contributed by atoms with van der Waals surface area (Å²) >= 11 is 0. The lowest BCUT2D eigenvalue weighted by Crippen LogP contribution is -2.48. The summed E-state index contributed by atoms with van der Waals surface area (Å²) < 4.78 is 2.03. The monoisotopic (exact) mass is 342 g/mol. The third-order valence-electron chi connectivity index (χ3n) is 5.49. The molecule has 1 aliphatic rings. The van der Waals surface area contributed by atoms with Crippen molar-refractivity contribution in [2.24, 2.45) is 0 Å². The van der Waals surface area contributed by atoms with Gasteiger partial charge in [-0.05, 0) is 49.2 Å². The van der Waals surface area contributed by atoms with Crippen molar-refractivity contribution < 1.29 is 0 Å². The fraction of sp³-hybridized carbons (Fsp3) is 0.632. The van der Waals surface area contributed by atoms with Crippen molar-refractivity contribution >= 4 is 5.69 Å². The highest BCUT2D eigenvalue weighted by molar-refractivity contribution is 5.46. The minimum absolute atomic E-state index is 0.0574. The van der Waals surface area contributed by atoms with E-state index in [-0.39, 0.29) is 11.6 Å². The van der Waals surface area contributed by atoms with Gasteiger partial charge in [0.25, 0.3) is 0 Å². The second kappa shape index (κ2) is 7.52. The van der Waals surface area contributed by atoms with E-state index in [1.54, 1.807) is 0 Å². The van der Waals surface area contributed by atoms with Crippen LogP contribution in [0.2, 0.25) is 0 Å². The zero-order valence-corrected chi connectivity index (χ0v) is 15.9. The Labute approximate surface area is 150 Å². The number of hydrogen-bond donors (Lipinski definition) is 0. The molecule has 0 saturated carbocycles. The van der Waals surface area contributed by atoms with Gasteiger partial charge in [0, 0.05) is 31.9 Å². The van der Waals surface area contributed by atoms with E-state index < -0.39 is 0 Å². The van der Waals surface area contributed by atoms with Gasteiger partial charge >= 0.3 is 0 Å². The van der Waals surface area contributed by atoms with Gasteiger partial charge in [-0.25, -0.2) is 4.68 Å². The number of benzene rings is 1. The molecule has 2 heterocycles. The average molecular weight is 342 g/mol.